The maximum Gasteiger partial charge on any atom is 0.373 e. The van der Waals surface area contributed by atoms with Crippen molar-refractivity contribution in [2.45, 2.75) is 0 Å². The summed E-state index contributed by atoms with van der Waals surface area (Å²) in [6.45, 7) is 0. The van der Waals surface area contributed by atoms with Crippen LogP contribution in [0, 0.1) is 0 Å². The van der Waals surface area contributed by atoms with E-state index >= 15 is 0 Å². The zero-order chi connectivity index (χ0) is 13.2. The van der Waals surface area contributed by atoms with Crippen molar-refractivity contribution in [2.75, 3.05) is 7.11 Å². The fourth-order valence-electron chi connectivity index (χ4n) is 2.05. The highest BCUT2D eigenvalue weighted by Crippen LogP contribution is 2.26. The highest BCUT2D eigenvalue weighted by molar-refractivity contribution is 5.93. The molecule has 1 aromatic heterocycles. The Morgan fingerprint density at radius 2 is 1.79 bits per heavy atom. The first-order valence-corrected chi connectivity index (χ1v) is 5.95. The SMILES string of the molecule is COC(=O)c1cc2cc(-c3ccccc3)ccc2o1. The number of carbonyl (C=O) groups is 1. The van der Waals surface area contributed by atoms with E-state index in [9.17, 15) is 4.79 Å². The third kappa shape index (κ3) is 2.10. The number of carbonyl (C=O) groups excluding carboxylic acids is 1. The summed E-state index contributed by atoms with van der Waals surface area (Å²) in [5, 5.41) is 0.891. The molecule has 3 heteroatoms. The number of ether oxygens (including phenoxy) is 1. The van der Waals surface area contributed by atoms with E-state index < -0.39 is 5.97 Å². The van der Waals surface area contributed by atoms with Crippen molar-refractivity contribution >= 4 is 16.9 Å². The summed E-state index contributed by atoms with van der Waals surface area (Å²) >= 11 is 0. The van der Waals surface area contributed by atoms with Gasteiger partial charge in [0, 0.05) is 5.39 Å². The number of rotatable bonds is 2. The molecule has 0 radical (unpaired) electrons. The molecule has 1 heterocycles. The molecule has 0 atom stereocenters. The average Bonchev–Trinajstić information content (AvgIpc) is 2.90. The van der Waals surface area contributed by atoms with Gasteiger partial charge in [-0.3, -0.25) is 0 Å². The average molecular weight is 252 g/mol. The molecule has 0 saturated carbocycles. The Bertz CT molecular complexity index is 726. The van der Waals surface area contributed by atoms with Gasteiger partial charge in [-0.05, 0) is 29.3 Å². The topological polar surface area (TPSA) is 39.4 Å². The van der Waals surface area contributed by atoms with Crippen LogP contribution in [0.25, 0.3) is 22.1 Å². The summed E-state index contributed by atoms with van der Waals surface area (Å²) < 4.78 is 10.1. The number of methoxy groups -OCH3 is 1. The molecule has 3 rings (SSSR count). The van der Waals surface area contributed by atoms with Crippen molar-refractivity contribution in [2.24, 2.45) is 0 Å². The van der Waals surface area contributed by atoms with E-state index in [2.05, 4.69) is 4.74 Å². The maximum absolute atomic E-state index is 11.4. The van der Waals surface area contributed by atoms with Crippen LogP contribution in [-0.4, -0.2) is 13.1 Å². The molecule has 94 valence electrons. The first-order valence-electron chi connectivity index (χ1n) is 5.95. The largest absolute Gasteiger partial charge is 0.463 e. The molecule has 0 saturated heterocycles. The summed E-state index contributed by atoms with van der Waals surface area (Å²) in [6.07, 6.45) is 0. The van der Waals surface area contributed by atoms with Gasteiger partial charge in [0.05, 0.1) is 7.11 Å². The Balaban J connectivity index is 2.09. The molecule has 0 N–H and O–H groups in total. The van der Waals surface area contributed by atoms with Crippen LogP contribution in [0.2, 0.25) is 0 Å². The first-order chi connectivity index (χ1) is 9.28. The molecule has 3 nitrogen and oxygen atoms in total. The van der Waals surface area contributed by atoms with Crippen LogP contribution in [0.1, 0.15) is 10.6 Å². The van der Waals surface area contributed by atoms with Crippen LogP contribution < -0.4 is 0 Å². The molecular weight excluding hydrogens is 240 g/mol. The van der Waals surface area contributed by atoms with E-state index in [1.807, 2.05) is 48.5 Å². The monoisotopic (exact) mass is 252 g/mol. The van der Waals surface area contributed by atoms with E-state index in [0.717, 1.165) is 16.5 Å². The van der Waals surface area contributed by atoms with Gasteiger partial charge in [-0.1, -0.05) is 36.4 Å². The molecule has 0 aliphatic heterocycles. The first kappa shape index (κ1) is 11.5. The molecule has 19 heavy (non-hydrogen) atoms. The van der Waals surface area contributed by atoms with Crippen molar-refractivity contribution in [3.63, 3.8) is 0 Å². The van der Waals surface area contributed by atoms with Gasteiger partial charge in [0.2, 0.25) is 5.76 Å². The Morgan fingerprint density at radius 1 is 1.00 bits per heavy atom. The lowest BCUT2D eigenvalue weighted by molar-refractivity contribution is 0.0567. The Hall–Kier alpha value is -2.55. The zero-order valence-electron chi connectivity index (χ0n) is 10.4. The molecule has 0 amide bonds. The predicted molar refractivity (Wildman–Crippen MR) is 73.0 cm³/mol. The third-order valence-corrected chi connectivity index (χ3v) is 3.01. The van der Waals surface area contributed by atoms with Gasteiger partial charge in [0.1, 0.15) is 5.58 Å². The predicted octanol–water partition coefficient (Wildman–Crippen LogP) is 3.89. The lowest BCUT2D eigenvalue weighted by Gasteiger charge is -2.00. The summed E-state index contributed by atoms with van der Waals surface area (Å²) in [5.41, 5.74) is 2.90. The Kier molecular flexibility index (Phi) is 2.80. The minimum atomic E-state index is -0.461. The van der Waals surface area contributed by atoms with Crippen LogP contribution in [0.5, 0.6) is 0 Å². The molecule has 0 aliphatic rings. The summed E-state index contributed by atoms with van der Waals surface area (Å²) in [5.74, 6) is -0.236. The Morgan fingerprint density at radius 3 is 2.53 bits per heavy atom. The number of benzene rings is 2. The molecule has 0 unspecified atom stereocenters. The quantitative estimate of drug-likeness (QED) is 0.649. The van der Waals surface area contributed by atoms with Crippen LogP contribution in [-0.2, 0) is 4.74 Å². The van der Waals surface area contributed by atoms with Gasteiger partial charge in [-0.15, -0.1) is 0 Å². The number of hydrogen-bond acceptors (Lipinski definition) is 3. The molecular formula is C16H12O3. The fourth-order valence-corrected chi connectivity index (χ4v) is 2.05. The van der Waals surface area contributed by atoms with Crippen molar-refractivity contribution in [3.05, 3.63) is 60.4 Å². The lowest BCUT2D eigenvalue weighted by Crippen LogP contribution is -1.97. The molecule has 3 aromatic rings. The molecule has 2 aromatic carbocycles. The molecule has 0 fully saturated rings. The van der Waals surface area contributed by atoms with Crippen LogP contribution >= 0.6 is 0 Å². The minimum Gasteiger partial charge on any atom is -0.463 e. The standard InChI is InChI=1S/C16H12O3/c1-18-16(17)15-10-13-9-12(7-8-14(13)19-15)11-5-3-2-4-6-11/h2-10H,1H3. The number of fused-ring (bicyclic) bond motifs is 1. The number of esters is 1. The summed E-state index contributed by atoms with van der Waals surface area (Å²) in [6, 6.07) is 17.6. The van der Waals surface area contributed by atoms with Crippen LogP contribution in [0.15, 0.2) is 59.0 Å². The van der Waals surface area contributed by atoms with E-state index in [4.69, 9.17) is 4.42 Å². The highest BCUT2D eigenvalue weighted by Gasteiger charge is 2.12. The van der Waals surface area contributed by atoms with Gasteiger partial charge in [-0.25, -0.2) is 4.79 Å². The van der Waals surface area contributed by atoms with Gasteiger partial charge >= 0.3 is 5.97 Å². The van der Waals surface area contributed by atoms with Gasteiger partial charge in [0.15, 0.2) is 0 Å². The lowest BCUT2D eigenvalue weighted by atomic mass is 10.0. The summed E-state index contributed by atoms with van der Waals surface area (Å²) in [4.78, 5) is 11.4. The van der Waals surface area contributed by atoms with E-state index in [1.165, 1.54) is 7.11 Å². The molecule has 0 aliphatic carbocycles. The fraction of sp³-hybridized carbons (Fsp3) is 0.0625. The second-order valence-electron chi connectivity index (χ2n) is 4.22. The molecule has 0 spiro atoms. The highest BCUT2D eigenvalue weighted by atomic mass is 16.5. The van der Waals surface area contributed by atoms with E-state index in [1.54, 1.807) is 6.07 Å². The molecule has 0 bridgehead atoms. The van der Waals surface area contributed by atoms with Crippen molar-refractivity contribution in [1.82, 2.24) is 0 Å². The van der Waals surface area contributed by atoms with Gasteiger partial charge < -0.3 is 9.15 Å². The van der Waals surface area contributed by atoms with Crippen LogP contribution in [0.4, 0.5) is 0 Å². The summed E-state index contributed by atoms with van der Waals surface area (Å²) in [7, 11) is 1.34. The number of furan rings is 1. The van der Waals surface area contributed by atoms with Crippen molar-refractivity contribution < 1.29 is 13.9 Å². The smallest absolute Gasteiger partial charge is 0.373 e. The normalized spacial score (nSPS) is 10.6. The Labute approximate surface area is 110 Å². The second-order valence-corrected chi connectivity index (χ2v) is 4.22. The third-order valence-electron chi connectivity index (χ3n) is 3.01. The van der Waals surface area contributed by atoms with Gasteiger partial charge in [-0.2, -0.15) is 0 Å². The minimum absolute atomic E-state index is 0.225. The van der Waals surface area contributed by atoms with Crippen LogP contribution in [0.3, 0.4) is 0 Å². The number of hydrogen-bond donors (Lipinski definition) is 0. The maximum atomic E-state index is 11.4. The van der Waals surface area contributed by atoms with Gasteiger partial charge in [0.25, 0.3) is 0 Å². The van der Waals surface area contributed by atoms with Crippen molar-refractivity contribution in [1.29, 1.82) is 0 Å². The second kappa shape index (κ2) is 4.61. The van der Waals surface area contributed by atoms with E-state index in [-0.39, 0.29) is 5.76 Å². The van der Waals surface area contributed by atoms with E-state index in [0.29, 0.717) is 5.58 Å². The van der Waals surface area contributed by atoms with Crippen molar-refractivity contribution in [3.8, 4) is 11.1 Å². The zero-order valence-corrected chi connectivity index (χ0v) is 10.4.